The van der Waals surface area contributed by atoms with Crippen molar-refractivity contribution in [3.63, 3.8) is 0 Å². The maximum atomic E-state index is 4.78. The van der Waals surface area contributed by atoms with Crippen LogP contribution in [0.3, 0.4) is 0 Å². The van der Waals surface area contributed by atoms with E-state index in [0.717, 1.165) is 18.3 Å². The Morgan fingerprint density at radius 1 is 1.53 bits per heavy atom. The molecule has 2 rings (SSSR count). The first-order valence-electron chi connectivity index (χ1n) is 6.54. The zero-order chi connectivity index (χ0) is 12.6. The minimum atomic E-state index is 0.177. The van der Waals surface area contributed by atoms with Gasteiger partial charge in [-0.2, -0.15) is 0 Å². The Balaban J connectivity index is 2.01. The van der Waals surface area contributed by atoms with E-state index in [9.17, 15) is 0 Å². The van der Waals surface area contributed by atoms with Gasteiger partial charge in [0, 0.05) is 23.3 Å². The van der Waals surface area contributed by atoms with E-state index >= 15 is 0 Å². The molecular weight excluding hydrogens is 228 g/mol. The summed E-state index contributed by atoms with van der Waals surface area (Å²) in [6.45, 7) is 9.02. The molecule has 1 heterocycles. The van der Waals surface area contributed by atoms with Crippen LogP contribution in [-0.2, 0) is 11.8 Å². The first kappa shape index (κ1) is 13.0. The summed E-state index contributed by atoms with van der Waals surface area (Å²) in [5.74, 6) is 1.76. The van der Waals surface area contributed by atoms with Crippen molar-refractivity contribution >= 4 is 11.3 Å². The van der Waals surface area contributed by atoms with Gasteiger partial charge in [-0.15, -0.1) is 11.3 Å². The minimum Gasteiger partial charge on any atom is -0.316 e. The third-order valence-electron chi connectivity index (χ3n) is 3.77. The van der Waals surface area contributed by atoms with Crippen LogP contribution in [-0.4, -0.2) is 18.1 Å². The van der Waals surface area contributed by atoms with Crippen molar-refractivity contribution in [3.8, 4) is 0 Å². The van der Waals surface area contributed by atoms with Crippen LogP contribution >= 0.6 is 11.3 Å². The lowest BCUT2D eigenvalue weighted by molar-refractivity contribution is 0.476. The SMILES string of the molecule is CNC(Cc1nc(C(C)(C)C)cs1)C1CC1C. The standard InChI is InChI=1S/C14H24N2S/c1-9-6-10(9)11(15-5)7-13-16-12(8-17-13)14(2,3)4/h8-11,15H,6-7H2,1-5H3. The molecule has 96 valence electrons. The summed E-state index contributed by atoms with van der Waals surface area (Å²) in [6.07, 6.45) is 2.47. The van der Waals surface area contributed by atoms with Gasteiger partial charge < -0.3 is 5.32 Å². The molecule has 1 aromatic rings. The molecule has 1 N–H and O–H groups in total. The quantitative estimate of drug-likeness (QED) is 0.890. The molecule has 0 aliphatic heterocycles. The zero-order valence-electron chi connectivity index (χ0n) is 11.6. The largest absolute Gasteiger partial charge is 0.316 e. The summed E-state index contributed by atoms with van der Waals surface area (Å²) in [6, 6.07) is 0.615. The second kappa shape index (κ2) is 4.69. The second-order valence-electron chi connectivity index (χ2n) is 6.35. The molecule has 1 aliphatic carbocycles. The molecule has 0 radical (unpaired) electrons. The van der Waals surface area contributed by atoms with Gasteiger partial charge in [-0.05, 0) is 25.3 Å². The second-order valence-corrected chi connectivity index (χ2v) is 7.30. The lowest BCUT2D eigenvalue weighted by Crippen LogP contribution is -2.30. The molecule has 0 saturated heterocycles. The number of nitrogens with one attached hydrogen (secondary N) is 1. The number of hydrogen-bond acceptors (Lipinski definition) is 3. The van der Waals surface area contributed by atoms with Gasteiger partial charge in [-0.1, -0.05) is 27.7 Å². The highest BCUT2D eigenvalue weighted by Crippen LogP contribution is 2.41. The Bertz CT molecular complexity index is 378. The van der Waals surface area contributed by atoms with Crippen LogP contribution in [0.2, 0.25) is 0 Å². The van der Waals surface area contributed by atoms with E-state index in [1.54, 1.807) is 0 Å². The van der Waals surface area contributed by atoms with Gasteiger partial charge in [-0.3, -0.25) is 0 Å². The number of hydrogen-bond donors (Lipinski definition) is 1. The number of rotatable bonds is 4. The van der Waals surface area contributed by atoms with Gasteiger partial charge in [-0.25, -0.2) is 4.98 Å². The zero-order valence-corrected chi connectivity index (χ0v) is 12.4. The van der Waals surface area contributed by atoms with Crippen LogP contribution < -0.4 is 5.32 Å². The number of aromatic nitrogens is 1. The van der Waals surface area contributed by atoms with E-state index in [1.807, 2.05) is 11.3 Å². The number of thiazole rings is 1. The van der Waals surface area contributed by atoms with E-state index in [2.05, 4.69) is 45.4 Å². The average Bonchev–Trinajstić information content (AvgIpc) is 2.79. The fourth-order valence-electron chi connectivity index (χ4n) is 2.32. The summed E-state index contributed by atoms with van der Waals surface area (Å²) in [5.41, 5.74) is 1.41. The van der Waals surface area contributed by atoms with Gasteiger partial charge >= 0.3 is 0 Å². The molecule has 1 aliphatic rings. The van der Waals surface area contributed by atoms with Gasteiger partial charge in [0.2, 0.25) is 0 Å². The van der Waals surface area contributed by atoms with E-state index < -0.39 is 0 Å². The first-order valence-corrected chi connectivity index (χ1v) is 7.42. The molecule has 3 atom stereocenters. The molecular formula is C14H24N2S. The van der Waals surface area contributed by atoms with Crippen LogP contribution in [0.5, 0.6) is 0 Å². The van der Waals surface area contributed by atoms with E-state index in [1.165, 1.54) is 17.1 Å². The van der Waals surface area contributed by atoms with Crippen molar-refractivity contribution in [2.75, 3.05) is 7.05 Å². The fraction of sp³-hybridized carbons (Fsp3) is 0.786. The van der Waals surface area contributed by atoms with Gasteiger partial charge in [0.15, 0.2) is 0 Å². The molecule has 3 heteroatoms. The van der Waals surface area contributed by atoms with Crippen LogP contribution in [0.1, 0.15) is 44.8 Å². The Morgan fingerprint density at radius 3 is 2.59 bits per heavy atom. The molecule has 0 spiro atoms. The first-order chi connectivity index (χ1) is 7.91. The fourth-order valence-corrected chi connectivity index (χ4v) is 3.40. The predicted molar refractivity (Wildman–Crippen MR) is 74.6 cm³/mol. The van der Waals surface area contributed by atoms with Crippen LogP contribution in [0.25, 0.3) is 0 Å². The Labute approximate surface area is 109 Å². The van der Waals surface area contributed by atoms with Crippen molar-refractivity contribution in [3.05, 3.63) is 16.1 Å². The Morgan fingerprint density at radius 2 is 2.18 bits per heavy atom. The molecule has 1 aromatic heterocycles. The summed E-state index contributed by atoms with van der Waals surface area (Å²) in [7, 11) is 2.08. The third-order valence-corrected chi connectivity index (χ3v) is 4.65. The Kier molecular flexibility index (Phi) is 3.60. The predicted octanol–water partition coefficient (Wildman–Crippen LogP) is 3.23. The molecule has 0 amide bonds. The highest BCUT2D eigenvalue weighted by atomic mass is 32.1. The van der Waals surface area contributed by atoms with Crippen LogP contribution in [0.4, 0.5) is 0 Å². The lowest BCUT2D eigenvalue weighted by Gasteiger charge is -2.16. The van der Waals surface area contributed by atoms with Crippen molar-refractivity contribution in [2.45, 2.75) is 52.0 Å². The van der Waals surface area contributed by atoms with Crippen molar-refractivity contribution < 1.29 is 0 Å². The van der Waals surface area contributed by atoms with E-state index in [-0.39, 0.29) is 5.41 Å². The van der Waals surface area contributed by atoms with Crippen molar-refractivity contribution in [2.24, 2.45) is 11.8 Å². The topological polar surface area (TPSA) is 24.9 Å². The van der Waals surface area contributed by atoms with Gasteiger partial charge in [0.25, 0.3) is 0 Å². The number of nitrogens with zero attached hydrogens (tertiary/aromatic N) is 1. The van der Waals surface area contributed by atoms with E-state index in [0.29, 0.717) is 6.04 Å². The third kappa shape index (κ3) is 3.08. The van der Waals surface area contributed by atoms with Gasteiger partial charge in [0.1, 0.15) is 0 Å². The molecule has 3 unspecified atom stereocenters. The lowest BCUT2D eigenvalue weighted by atomic mass is 9.93. The summed E-state index contributed by atoms with van der Waals surface area (Å²) >= 11 is 1.82. The van der Waals surface area contributed by atoms with E-state index in [4.69, 9.17) is 4.98 Å². The molecule has 1 fully saturated rings. The van der Waals surface area contributed by atoms with Crippen molar-refractivity contribution in [1.29, 1.82) is 0 Å². The molecule has 0 bridgehead atoms. The van der Waals surface area contributed by atoms with Crippen LogP contribution in [0, 0.1) is 11.8 Å². The molecule has 0 aromatic carbocycles. The van der Waals surface area contributed by atoms with Crippen LogP contribution in [0.15, 0.2) is 5.38 Å². The maximum Gasteiger partial charge on any atom is 0.0944 e. The highest BCUT2D eigenvalue weighted by molar-refractivity contribution is 7.09. The summed E-state index contributed by atoms with van der Waals surface area (Å²) < 4.78 is 0. The Hall–Kier alpha value is -0.410. The van der Waals surface area contributed by atoms with Gasteiger partial charge in [0.05, 0.1) is 10.7 Å². The summed E-state index contributed by atoms with van der Waals surface area (Å²) in [5, 5.41) is 6.96. The number of likely N-dealkylation sites (N-methyl/N-ethyl adjacent to an activating group) is 1. The maximum absolute atomic E-state index is 4.78. The van der Waals surface area contributed by atoms with Crippen molar-refractivity contribution in [1.82, 2.24) is 10.3 Å². The smallest absolute Gasteiger partial charge is 0.0944 e. The molecule has 2 nitrogen and oxygen atoms in total. The average molecular weight is 252 g/mol. The monoisotopic (exact) mass is 252 g/mol. The normalized spacial score (nSPS) is 25.9. The molecule has 17 heavy (non-hydrogen) atoms. The minimum absolute atomic E-state index is 0.177. The molecule has 1 saturated carbocycles. The highest BCUT2D eigenvalue weighted by Gasteiger charge is 2.39. The summed E-state index contributed by atoms with van der Waals surface area (Å²) in [4.78, 5) is 4.78.